The second-order valence-electron chi connectivity index (χ2n) is 9.01. The van der Waals surface area contributed by atoms with Crippen LogP contribution in [0.5, 0.6) is 11.5 Å². The summed E-state index contributed by atoms with van der Waals surface area (Å²) < 4.78 is 11.4. The molecule has 0 unspecified atom stereocenters. The topological polar surface area (TPSA) is 47.6 Å². The van der Waals surface area contributed by atoms with Crippen LogP contribution in [0.15, 0.2) is 48.5 Å². The van der Waals surface area contributed by atoms with E-state index in [4.69, 9.17) is 9.47 Å². The molecule has 0 aromatic heterocycles. The lowest BCUT2D eigenvalue weighted by molar-refractivity contribution is -0.123. The van der Waals surface area contributed by atoms with Crippen LogP contribution in [0.3, 0.4) is 0 Å². The standard InChI is InChI=1S/C24H33NO3/c1-23(2,3)18-11-13-19(14-12-18)27-16-15-25-22(26)17-28-21-10-8-7-9-20(21)24(4,5)6/h7-14H,15-17H2,1-6H3,(H,25,26). The summed E-state index contributed by atoms with van der Waals surface area (Å²) in [6, 6.07) is 15.9. The van der Waals surface area contributed by atoms with Gasteiger partial charge in [-0.15, -0.1) is 0 Å². The van der Waals surface area contributed by atoms with E-state index in [-0.39, 0.29) is 23.3 Å². The molecule has 28 heavy (non-hydrogen) atoms. The average molecular weight is 384 g/mol. The minimum absolute atomic E-state index is 0.00657. The Balaban J connectivity index is 1.74. The molecule has 4 heteroatoms. The van der Waals surface area contributed by atoms with Gasteiger partial charge in [0, 0.05) is 0 Å². The highest BCUT2D eigenvalue weighted by molar-refractivity contribution is 5.77. The van der Waals surface area contributed by atoms with Gasteiger partial charge in [0.25, 0.3) is 5.91 Å². The first-order valence-corrected chi connectivity index (χ1v) is 9.80. The molecule has 2 rings (SSSR count). The molecule has 1 N–H and O–H groups in total. The van der Waals surface area contributed by atoms with Crippen molar-refractivity contribution in [2.45, 2.75) is 52.4 Å². The van der Waals surface area contributed by atoms with Crippen LogP contribution in [0.1, 0.15) is 52.7 Å². The zero-order valence-electron chi connectivity index (χ0n) is 18.0. The molecule has 0 aliphatic heterocycles. The molecule has 0 heterocycles. The first kappa shape index (κ1) is 21.8. The highest BCUT2D eigenvalue weighted by atomic mass is 16.5. The number of benzene rings is 2. The van der Waals surface area contributed by atoms with E-state index >= 15 is 0 Å². The van der Waals surface area contributed by atoms with Gasteiger partial charge in [0.1, 0.15) is 18.1 Å². The Morgan fingerprint density at radius 1 is 0.857 bits per heavy atom. The number of hydrogen-bond donors (Lipinski definition) is 1. The van der Waals surface area contributed by atoms with Crippen LogP contribution in [0.2, 0.25) is 0 Å². The van der Waals surface area contributed by atoms with Gasteiger partial charge in [0.15, 0.2) is 6.61 Å². The zero-order valence-corrected chi connectivity index (χ0v) is 18.0. The second kappa shape index (κ2) is 9.13. The maximum absolute atomic E-state index is 12.1. The smallest absolute Gasteiger partial charge is 0.258 e. The van der Waals surface area contributed by atoms with Crippen molar-refractivity contribution in [3.63, 3.8) is 0 Å². The molecule has 0 spiro atoms. The fourth-order valence-electron chi connectivity index (χ4n) is 2.82. The average Bonchev–Trinajstić information content (AvgIpc) is 2.63. The third-order valence-electron chi connectivity index (χ3n) is 4.47. The van der Waals surface area contributed by atoms with Crippen LogP contribution in [-0.4, -0.2) is 25.7 Å². The van der Waals surface area contributed by atoms with E-state index in [2.05, 4.69) is 59.0 Å². The number of para-hydroxylation sites is 1. The molecule has 0 atom stereocenters. The van der Waals surface area contributed by atoms with Gasteiger partial charge in [-0.05, 0) is 40.2 Å². The number of carbonyl (C=O) groups is 1. The largest absolute Gasteiger partial charge is 0.492 e. The lowest BCUT2D eigenvalue weighted by Gasteiger charge is -2.22. The lowest BCUT2D eigenvalue weighted by atomic mass is 9.86. The van der Waals surface area contributed by atoms with Crippen LogP contribution in [0, 0.1) is 0 Å². The van der Waals surface area contributed by atoms with E-state index in [1.165, 1.54) is 5.56 Å². The number of ether oxygens (including phenoxy) is 2. The minimum Gasteiger partial charge on any atom is -0.492 e. The summed E-state index contributed by atoms with van der Waals surface area (Å²) >= 11 is 0. The quantitative estimate of drug-likeness (QED) is 0.695. The number of carbonyl (C=O) groups excluding carboxylic acids is 1. The van der Waals surface area contributed by atoms with Gasteiger partial charge >= 0.3 is 0 Å². The van der Waals surface area contributed by atoms with E-state index in [0.717, 1.165) is 17.1 Å². The highest BCUT2D eigenvalue weighted by Gasteiger charge is 2.18. The molecular formula is C24H33NO3. The number of nitrogens with one attached hydrogen (secondary N) is 1. The van der Waals surface area contributed by atoms with E-state index in [1.54, 1.807) is 0 Å². The van der Waals surface area contributed by atoms with Gasteiger partial charge in [-0.2, -0.15) is 0 Å². The summed E-state index contributed by atoms with van der Waals surface area (Å²) in [5, 5.41) is 2.83. The third kappa shape index (κ3) is 6.59. The van der Waals surface area contributed by atoms with Crippen molar-refractivity contribution < 1.29 is 14.3 Å². The van der Waals surface area contributed by atoms with E-state index < -0.39 is 0 Å². The summed E-state index contributed by atoms with van der Waals surface area (Å²) in [5.74, 6) is 1.40. The van der Waals surface area contributed by atoms with E-state index in [9.17, 15) is 4.79 Å². The van der Waals surface area contributed by atoms with Gasteiger partial charge in [0.2, 0.25) is 0 Å². The Morgan fingerprint density at radius 3 is 2.11 bits per heavy atom. The molecule has 0 radical (unpaired) electrons. The van der Waals surface area contributed by atoms with Gasteiger partial charge < -0.3 is 14.8 Å². The van der Waals surface area contributed by atoms with E-state index in [1.807, 2.05) is 36.4 Å². The summed E-state index contributed by atoms with van der Waals surface area (Å²) in [6.45, 7) is 13.8. The van der Waals surface area contributed by atoms with Crippen molar-refractivity contribution in [2.75, 3.05) is 19.8 Å². The molecule has 0 saturated heterocycles. The summed E-state index contributed by atoms with van der Waals surface area (Å²) in [5.41, 5.74) is 2.44. The predicted octanol–water partition coefficient (Wildman–Crippen LogP) is 4.86. The third-order valence-corrected chi connectivity index (χ3v) is 4.47. The minimum atomic E-state index is -0.157. The fraction of sp³-hybridized carbons (Fsp3) is 0.458. The Hall–Kier alpha value is -2.49. The Kier molecular flexibility index (Phi) is 7.11. The Bertz CT molecular complexity index is 768. The van der Waals surface area contributed by atoms with Gasteiger partial charge in [-0.1, -0.05) is 71.9 Å². The maximum atomic E-state index is 12.1. The highest BCUT2D eigenvalue weighted by Crippen LogP contribution is 2.30. The number of rotatable bonds is 7. The van der Waals surface area contributed by atoms with Crippen molar-refractivity contribution in [3.8, 4) is 11.5 Å². The number of hydrogen-bond acceptors (Lipinski definition) is 3. The molecular weight excluding hydrogens is 350 g/mol. The van der Waals surface area contributed by atoms with Crippen LogP contribution in [0.4, 0.5) is 0 Å². The summed E-state index contributed by atoms with van der Waals surface area (Å²) in [4.78, 5) is 12.1. The lowest BCUT2D eigenvalue weighted by Crippen LogP contribution is -2.32. The molecule has 0 bridgehead atoms. The van der Waals surface area contributed by atoms with Crippen molar-refractivity contribution in [1.29, 1.82) is 0 Å². The monoisotopic (exact) mass is 383 g/mol. The van der Waals surface area contributed by atoms with Crippen molar-refractivity contribution in [3.05, 3.63) is 59.7 Å². The molecule has 0 aliphatic rings. The normalized spacial score (nSPS) is 11.8. The molecule has 0 fully saturated rings. The molecule has 0 saturated carbocycles. The van der Waals surface area contributed by atoms with Crippen molar-refractivity contribution >= 4 is 5.91 Å². The Morgan fingerprint density at radius 2 is 1.50 bits per heavy atom. The first-order chi connectivity index (χ1) is 13.1. The predicted molar refractivity (Wildman–Crippen MR) is 114 cm³/mol. The SMILES string of the molecule is CC(C)(C)c1ccc(OCCNC(=O)COc2ccccc2C(C)(C)C)cc1. The Labute approximate surface area is 169 Å². The van der Waals surface area contributed by atoms with E-state index in [0.29, 0.717) is 13.2 Å². The van der Waals surface area contributed by atoms with Crippen LogP contribution < -0.4 is 14.8 Å². The number of amides is 1. The summed E-state index contributed by atoms with van der Waals surface area (Å²) in [7, 11) is 0. The maximum Gasteiger partial charge on any atom is 0.258 e. The molecule has 152 valence electrons. The van der Waals surface area contributed by atoms with Gasteiger partial charge in [-0.25, -0.2) is 0 Å². The molecule has 2 aromatic carbocycles. The van der Waals surface area contributed by atoms with Crippen molar-refractivity contribution in [2.24, 2.45) is 0 Å². The first-order valence-electron chi connectivity index (χ1n) is 9.80. The summed E-state index contributed by atoms with van der Waals surface area (Å²) in [6.07, 6.45) is 0. The molecule has 0 aliphatic carbocycles. The molecule has 4 nitrogen and oxygen atoms in total. The van der Waals surface area contributed by atoms with Crippen molar-refractivity contribution in [1.82, 2.24) is 5.32 Å². The zero-order chi connectivity index (χ0) is 20.8. The molecule has 1 amide bonds. The van der Waals surface area contributed by atoms with Crippen LogP contribution >= 0.6 is 0 Å². The van der Waals surface area contributed by atoms with Gasteiger partial charge in [-0.3, -0.25) is 4.79 Å². The van der Waals surface area contributed by atoms with Crippen LogP contribution in [0.25, 0.3) is 0 Å². The second-order valence-corrected chi connectivity index (χ2v) is 9.01. The van der Waals surface area contributed by atoms with Gasteiger partial charge in [0.05, 0.1) is 6.54 Å². The fourth-order valence-corrected chi connectivity index (χ4v) is 2.82. The van der Waals surface area contributed by atoms with Crippen LogP contribution in [-0.2, 0) is 15.6 Å². The molecule has 2 aromatic rings.